The molecule has 110 valence electrons. The van der Waals surface area contributed by atoms with Crippen LogP contribution in [0, 0.1) is 6.92 Å². The lowest BCUT2D eigenvalue weighted by molar-refractivity contribution is 0.0517. The van der Waals surface area contributed by atoms with Gasteiger partial charge >= 0.3 is 5.97 Å². The second-order valence-corrected chi connectivity index (χ2v) is 5.19. The predicted molar refractivity (Wildman–Crippen MR) is 78.3 cm³/mol. The Bertz CT molecular complexity index is 711. The minimum absolute atomic E-state index is 0.00400. The van der Waals surface area contributed by atoms with Crippen molar-refractivity contribution < 1.29 is 14.3 Å². The fraction of sp³-hybridized carbons (Fsp3) is 0.308. The highest BCUT2D eigenvalue weighted by molar-refractivity contribution is 7.17. The van der Waals surface area contributed by atoms with E-state index in [9.17, 15) is 9.59 Å². The van der Waals surface area contributed by atoms with Crippen LogP contribution < -0.4 is 5.73 Å². The fourth-order valence-electron chi connectivity index (χ4n) is 1.66. The van der Waals surface area contributed by atoms with Gasteiger partial charge in [0, 0.05) is 13.1 Å². The van der Waals surface area contributed by atoms with Crippen LogP contribution in [0.4, 0.5) is 5.82 Å². The van der Waals surface area contributed by atoms with Crippen molar-refractivity contribution in [2.45, 2.75) is 20.8 Å². The number of hydrogen-bond acceptors (Lipinski definition) is 8. The predicted octanol–water partition coefficient (Wildman–Crippen LogP) is 1.87. The number of aryl methyl sites for hydroxylation is 1. The van der Waals surface area contributed by atoms with Crippen LogP contribution in [0.3, 0.4) is 0 Å². The molecule has 2 N–H and O–H groups in total. The van der Waals surface area contributed by atoms with Gasteiger partial charge in [-0.2, -0.15) is 0 Å². The van der Waals surface area contributed by atoms with Crippen molar-refractivity contribution in [3.05, 3.63) is 22.6 Å². The van der Waals surface area contributed by atoms with Crippen LogP contribution in [0.5, 0.6) is 0 Å². The highest BCUT2D eigenvalue weighted by Gasteiger charge is 2.23. The zero-order chi connectivity index (χ0) is 15.6. The summed E-state index contributed by atoms with van der Waals surface area (Å²) in [6.45, 7) is 4.98. The molecule has 0 bridgehead atoms. The summed E-state index contributed by atoms with van der Waals surface area (Å²) in [7, 11) is 0. The van der Waals surface area contributed by atoms with Crippen molar-refractivity contribution in [3.63, 3.8) is 0 Å². The molecule has 0 atom stereocenters. The molecule has 0 radical (unpaired) electrons. The SMILES string of the molecule is CCOC(=O)c1nc(-c2cnc(C)nc2N)sc1C(C)=O. The molecule has 8 heteroatoms. The van der Waals surface area contributed by atoms with E-state index < -0.39 is 5.97 Å². The molecule has 0 unspecified atom stereocenters. The molecule has 0 aliphatic rings. The number of thiazole rings is 1. The molecule has 0 aliphatic carbocycles. The van der Waals surface area contributed by atoms with Crippen LogP contribution in [0.25, 0.3) is 10.6 Å². The Labute approximate surface area is 125 Å². The first kappa shape index (κ1) is 15.0. The van der Waals surface area contributed by atoms with Crippen molar-refractivity contribution in [2.75, 3.05) is 12.3 Å². The summed E-state index contributed by atoms with van der Waals surface area (Å²) in [6, 6.07) is 0. The van der Waals surface area contributed by atoms with Crippen molar-refractivity contribution in [2.24, 2.45) is 0 Å². The van der Waals surface area contributed by atoms with Gasteiger partial charge in [-0.05, 0) is 13.8 Å². The Morgan fingerprint density at radius 2 is 2.10 bits per heavy atom. The molecule has 21 heavy (non-hydrogen) atoms. The summed E-state index contributed by atoms with van der Waals surface area (Å²) >= 11 is 1.07. The van der Waals surface area contributed by atoms with Crippen molar-refractivity contribution >= 4 is 28.9 Å². The van der Waals surface area contributed by atoms with Crippen LogP contribution in [0.1, 0.15) is 39.8 Å². The Balaban J connectivity index is 2.53. The molecule has 0 saturated heterocycles. The van der Waals surface area contributed by atoms with Crippen LogP contribution in [-0.4, -0.2) is 33.3 Å². The van der Waals surface area contributed by atoms with Gasteiger partial charge in [0.25, 0.3) is 0 Å². The van der Waals surface area contributed by atoms with Crippen LogP contribution in [-0.2, 0) is 4.74 Å². The number of ether oxygens (including phenoxy) is 1. The number of nitrogens with two attached hydrogens (primary N) is 1. The summed E-state index contributed by atoms with van der Waals surface area (Å²) < 4.78 is 4.91. The number of nitrogens with zero attached hydrogens (tertiary/aromatic N) is 3. The van der Waals surface area contributed by atoms with Crippen LogP contribution in [0.2, 0.25) is 0 Å². The lowest BCUT2D eigenvalue weighted by Gasteiger charge is -2.01. The third kappa shape index (κ3) is 3.05. The first-order chi connectivity index (χ1) is 9.93. The lowest BCUT2D eigenvalue weighted by Crippen LogP contribution is -2.09. The molecule has 7 nitrogen and oxygen atoms in total. The maximum atomic E-state index is 11.9. The van der Waals surface area contributed by atoms with Gasteiger partial charge in [-0.25, -0.2) is 19.7 Å². The van der Waals surface area contributed by atoms with Gasteiger partial charge in [0.1, 0.15) is 21.5 Å². The molecular weight excluding hydrogens is 292 g/mol. The van der Waals surface area contributed by atoms with E-state index in [1.807, 2.05) is 0 Å². The van der Waals surface area contributed by atoms with E-state index in [0.717, 1.165) is 11.3 Å². The van der Waals surface area contributed by atoms with Gasteiger partial charge in [-0.1, -0.05) is 0 Å². The average Bonchev–Trinajstić information content (AvgIpc) is 2.84. The average molecular weight is 306 g/mol. The molecular formula is C13H14N4O3S. The van der Waals surface area contributed by atoms with E-state index in [2.05, 4.69) is 15.0 Å². The number of nitrogen functional groups attached to an aromatic ring is 1. The van der Waals surface area contributed by atoms with Crippen molar-refractivity contribution in [1.82, 2.24) is 15.0 Å². The Morgan fingerprint density at radius 1 is 1.38 bits per heavy atom. The molecule has 0 aromatic carbocycles. The molecule has 2 heterocycles. The number of ketones is 1. The summed E-state index contributed by atoms with van der Waals surface area (Å²) in [5.74, 6) is -0.0998. The molecule has 2 aromatic heterocycles. The number of carbonyl (C=O) groups is 2. The van der Waals surface area contributed by atoms with Crippen LogP contribution in [0.15, 0.2) is 6.20 Å². The van der Waals surface area contributed by atoms with Gasteiger partial charge < -0.3 is 10.5 Å². The first-order valence-corrected chi connectivity index (χ1v) is 7.04. The Morgan fingerprint density at radius 3 is 2.67 bits per heavy atom. The van der Waals surface area contributed by atoms with Gasteiger partial charge in [0.05, 0.1) is 12.2 Å². The van der Waals surface area contributed by atoms with Crippen molar-refractivity contribution in [3.8, 4) is 10.6 Å². The molecule has 2 rings (SSSR count). The molecule has 0 aliphatic heterocycles. The standard InChI is InChI=1S/C13H14N4O3S/c1-4-20-13(19)9-10(6(2)18)21-12(17-9)8-5-15-7(3)16-11(8)14/h5H,4H2,1-3H3,(H2,14,15,16). The van der Waals surface area contributed by atoms with E-state index in [0.29, 0.717) is 16.4 Å². The highest BCUT2D eigenvalue weighted by Crippen LogP contribution is 2.31. The zero-order valence-corrected chi connectivity index (χ0v) is 12.7. The second-order valence-electron chi connectivity index (χ2n) is 4.19. The number of Topliss-reactive ketones (excluding diaryl/α,β-unsaturated/α-hetero) is 1. The number of carbonyl (C=O) groups excluding carboxylic acids is 2. The number of hydrogen-bond donors (Lipinski definition) is 1. The smallest absolute Gasteiger partial charge is 0.358 e. The molecule has 0 fully saturated rings. The van der Waals surface area contributed by atoms with Gasteiger partial charge in [-0.3, -0.25) is 4.79 Å². The normalized spacial score (nSPS) is 10.4. The Kier molecular flexibility index (Phi) is 4.27. The third-order valence-corrected chi connectivity index (χ3v) is 3.77. The van der Waals surface area contributed by atoms with Crippen molar-refractivity contribution in [1.29, 1.82) is 0 Å². The quantitative estimate of drug-likeness (QED) is 0.678. The van der Waals surface area contributed by atoms with E-state index in [1.54, 1.807) is 13.8 Å². The Hall–Kier alpha value is -2.35. The molecule has 0 saturated carbocycles. The monoisotopic (exact) mass is 306 g/mol. The van der Waals surface area contributed by atoms with Gasteiger partial charge in [0.15, 0.2) is 11.5 Å². The number of rotatable bonds is 4. The van der Waals surface area contributed by atoms with Gasteiger partial charge in [0.2, 0.25) is 0 Å². The number of aromatic nitrogens is 3. The number of esters is 1. The van der Waals surface area contributed by atoms with E-state index >= 15 is 0 Å². The highest BCUT2D eigenvalue weighted by atomic mass is 32.1. The van der Waals surface area contributed by atoms with Gasteiger partial charge in [-0.15, -0.1) is 11.3 Å². The largest absolute Gasteiger partial charge is 0.461 e. The second kappa shape index (κ2) is 5.96. The minimum Gasteiger partial charge on any atom is -0.461 e. The minimum atomic E-state index is -0.628. The molecule has 0 amide bonds. The maximum absolute atomic E-state index is 11.9. The zero-order valence-electron chi connectivity index (χ0n) is 11.8. The van der Waals surface area contributed by atoms with Crippen LogP contribution >= 0.6 is 11.3 Å². The summed E-state index contributed by atoms with van der Waals surface area (Å²) in [4.78, 5) is 36.0. The fourth-order valence-corrected chi connectivity index (χ4v) is 2.63. The summed E-state index contributed by atoms with van der Waals surface area (Å²) in [6.07, 6.45) is 1.52. The van der Waals surface area contributed by atoms with E-state index in [-0.39, 0.29) is 28.8 Å². The maximum Gasteiger partial charge on any atom is 0.358 e. The van der Waals surface area contributed by atoms with E-state index in [1.165, 1.54) is 13.1 Å². The van der Waals surface area contributed by atoms with E-state index in [4.69, 9.17) is 10.5 Å². The number of anilines is 1. The molecule has 0 spiro atoms. The lowest BCUT2D eigenvalue weighted by atomic mass is 10.3. The molecule has 2 aromatic rings. The first-order valence-electron chi connectivity index (χ1n) is 6.22. The third-order valence-electron chi connectivity index (χ3n) is 2.58. The topological polar surface area (TPSA) is 108 Å². The summed E-state index contributed by atoms with van der Waals surface area (Å²) in [5.41, 5.74) is 6.33. The summed E-state index contributed by atoms with van der Waals surface area (Å²) in [5, 5.41) is 0.417.